The largest absolute Gasteiger partial charge is 0.493 e. The van der Waals surface area contributed by atoms with Gasteiger partial charge in [0.05, 0.1) is 27.9 Å². The number of methoxy groups -OCH3 is 3. The van der Waals surface area contributed by atoms with Crippen molar-refractivity contribution < 1.29 is 19.0 Å². The number of carbonyl (C=O) groups is 1. The van der Waals surface area contributed by atoms with Crippen molar-refractivity contribution in [2.75, 3.05) is 60.6 Å². The summed E-state index contributed by atoms with van der Waals surface area (Å²) in [7, 11) is 4.90. The van der Waals surface area contributed by atoms with Crippen LogP contribution in [0.3, 0.4) is 0 Å². The zero-order chi connectivity index (χ0) is 22.1. The van der Waals surface area contributed by atoms with Crippen molar-refractivity contribution in [1.82, 2.24) is 15.1 Å². The summed E-state index contributed by atoms with van der Waals surface area (Å²) in [4.78, 5) is 16.9. The summed E-state index contributed by atoms with van der Waals surface area (Å²) in [5, 5.41) is 3.09. The van der Waals surface area contributed by atoms with E-state index >= 15 is 0 Å². The van der Waals surface area contributed by atoms with Gasteiger partial charge in [0.15, 0.2) is 11.5 Å². The second-order valence-corrected chi connectivity index (χ2v) is 8.25. The number of piperazine rings is 1. The molecule has 2 aliphatic rings. The molecule has 0 bridgehead atoms. The molecule has 172 valence electrons. The van der Waals surface area contributed by atoms with E-state index in [1.165, 1.54) is 31.3 Å². The summed E-state index contributed by atoms with van der Waals surface area (Å²) in [5.74, 6) is 2.14. The highest BCUT2D eigenvalue weighted by atomic mass is 16.5. The third-order valence-corrected chi connectivity index (χ3v) is 6.17. The highest BCUT2D eigenvalue weighted by Crippen LogP contribution is 2.40. The predicted octanol–water partition coefficient (Wildman–Crippen LogP) is 2.84. The SMILES string of the molecule is COc1ccc(CN2CCN(CC(=O)NCCC3=CCCCC3)CC2)c(OC)c1OC. The molecule has 0 unspecified atom stereocenters. The van der Waals surface area contributed by atoms with Crippen LogP contribution in [0.5, 0.6) is 17.2 Å². The first-order chi connectivity index (χ1) is 15.1. The molecule has 0 spiro atoms. The lowest BCUT2D eigenvalue weighted by Gasteiger charge is -2.34. The Morgan fingerprint density at radius 3 is 2.35 bits per heavy atom. The van der Waals surface area contributed by atoms with Crippen LogP contribution in [0.1, 0.15) is 37.7 Å². The molecule has 1 heterocycles. The van der Waals surface area contributed by atoms with Crippen LogP contribution in [0.15, 0.2) is 23.8 Å². The zero-order valence-corrected chi connectivity index (χ0v) is 19.2. The smallest absolute Gasteiger partial charge is 0.234 e. The van der Waals surface area contributed by atoms with E-state index in [0.717, 1.165) is 57.0 Å². The Hall–Kier alpha value is -2.25. The van der Waals surface area contributed by atoms with Gasteiger partial charge in [0.25, 0.3) is 0 Å². The summed E-state index contributed by atoms with van der Waals surface area (Å²) in [5.41, 5.74) is 2.58. The Morgan fingerprint density at radius 2 is 1.71 bits per heavy atom. The van der Waals surface area contributed by atoms with Crippen molar-refractivity contribution in [1.29, 1.82) is 0 Å². The molecule has 7 nitrogen and oxygen atoms in total. The summed E-state index contributed by atoms with van der Waals surface area (Å²) in [6.45, 7) is 5.60. The van der Waals surface area contributed by atoms with Crippen LogP contribution in [-0.4, -0.2) is 76.3 Å². The van der Waals surface area contributed by atoms with Crippen LogP contribution < -0.4 is 19.5 Å². The van der Waals surface area contributed by atoms with E-state index in [9.17, 15) is 4.79 Å². The van der Waals surface area contributed by atoms with E-state index in [1.54, 1.807) is 21.3 Å². The lowest BCUT2D eigenvalue weighted by atomic mass is 9.97. The van der Waals surface area contributed by atoms with Gasteiger partial charge in [0.1, 0.15) is 0 Å². The van der Waals surface area contributed by atoms with Crippen LogP contribution in [0.25, 0.3) is 0 Å². The fourth-order valence-electron chi connectivity index (χ4n) is 4.39. The van der Waals surface area contributed by atoms with Crippen molar-refractivity contribution in [3.63, 3.8) is 0 Å². The van der Waals surface area contributed by atoms with Gasteiger partial charge in [-0.2, -0.15) is 0 Å². The van der Waals surface area contributed by atoms with Crippen molar-refractivity contribution in [3.8, 4) is 17.2 Å². The lowest BCUT2D eigenvalue weighted by molar-refractivity contribution is -0.122. The van der Waals surface area contributed by atoms with Crippen molar-refractivity contribution in [3.05, 3.63) is 29.3 Å². The van der Waals surface area contributed by atoms with Gasteiger partial charge in [-0.05, 0) is 38.2 Å². The van der Waals surface area contributed by atoms with Crippen LogP contribution in [0, 0.1) is 0 Å². The first-order valence-electron chi connectivity index (χ1n) is 11.3. The molecule has 0 aromatic heterocycles. The number of hydrogen-bond acceptors (Lipinski definition) is 6. The fourth-order valence-corrected chi connectivity index (χ4v) is 4.39. The normalized spacial score (nSPS) is 17.7. The molecule has 7 heteroatoms. The van der Waals surface area contributed by atoms with Gasteiger partial charge in [-0.15, -0.1) is 0 Å². The van der Waals surface area contributed by atoms with Crippen LogP contribution in [-0.2, 0) is 11.3 Å². The standard InChI is InChI=1S/C24H37N3O4/c1-29-21-10-9-20(23(30-2)24(21)31-3)17-26-13-15-27(16-14-26)18-22(28)25-12-11-19-7-5-4-6-8-19/h7,9-10H,4-6,8,11-18H2,1-3H3,(H,25,28). The van der Waals surface area contributed by atoms with Crippen LogP contribution in [0.4, 0.5) is 0 Å². The third kappa shape index (κ3) is 6.61. The van der Waals surface area contributed by atoms with Crippen molar-refractivity contribution in [2.45, 2.75) is 38.6 Å². The minimum atomic E-state index is 0.131. The molecule has 0 radical (unpaired) electrons. The summed E-state index contributed by atoms with van der Waals surface area (Å²) in [6, 6.07) is 3.95. The highest BCUT2D eigenvalue weighted by molar-refractivity contribution is 5.78. The van der Waals surface area contributed by atoms with Gasteiger partial charge in [-0.1, -0.05) is 17.7 Å². The predicted molar refractivity (Wildman–Crippen MR) is 122 cm³/mol. The molecule has 1 aromatic rings. The first-order valence-corrected chi connectivity index (χ1v) is 11.3. The lowest BCUT2D eigenvalue weighted by Crippen LogP contribution is -2.49. The maximum Gasteiger partial charge on any atom is 0.234 e. The molecule has 0 atom stereocenters. The maximum atomic E-state index is 12.3. The van der Waals surface area contributed by atoms with E-state index in [1.807, 2.05) is 12.1 Å². The minimum absolute atomic E-state index is 0.131. The van der Waals surface area contributed by atoms with Gasteiger partial charge in [-0.25, -0.2) is 0 Å². The van der Waals surface area contributed by atoms with Crippen LogP contribution in [0.2, 0.25) is 0 Å². The first kappa shape index (κ1) is 23.4. The molecule has 1 saturated heterocycles. The Kier molecular flexibility index (Phi) is 9.03. The maximum absolute atomic E-state index is 12.3. The van der Waals surface area contributed by atoms with Gasteiger partial charge in [0, 0.05) is 44.8 Å². The van der Waals surface area contributed by atoms with Gasteiger partial charge < -0.3 is 19.5 Å². The number of benzene rings is 1. The molecule has 1 N–H and O–H groups in total. The average molecular weight is 432 g/mol. The van der Waals surface area contributed by atoms with Gasteiger partial charge in [-0.3, -0.25) is 14.6 Å². The number of allylic oxidation sites excluding steroid dienone is 1. The quantitative estimate of drug-likeness (QED) is 0.575. The number of carbonyl (C=O) groups excluding carboxylic acids is 1. The summed E-state index contributed by atoms with van der Waals surface area (Å²) < 4.78 is 16.5. The van der Waals surface area contributed by atoms with E-state index < -0.39 is 0 Å². The molecule has 1 aliphatic carbocycles. The molecule has 1 aromatic carbocycles. The molecule has 1 amide bonds. The topological polar surface area (TPSA) is 63.3 Å². The van der Waals surface area contributed by atoms with E-state index in [-0.39, 0.29) is 5.91 Å². The molecule has 3 rings (SSSR count). The number of amides is 1. The Morgan fingerprint density at radius 1 is 0.968 bits per heavy atom. The van der Waals surface area contributed by atoms with Crippen molar-refractivity contribution in [2.24, 2.45) is 0 Å². The minimum Gasteiger partial charge on any atom is -0.493 e. The fraction of sp³-hybridized carbons (Fsp3) is 0.625. The molecule has 1 fully saturated rings. The molecule has 1 aliphatic heterocycles. The third-order valence-electron chi connectivity index (χ3n) is 6.17. The Balaban J connectivity index is 1.42. The Labute approximate surface area is 186 Å². The monoisotopic (exact) mass is 431 g/mol. The number of ether oxygens (including phenoxy) is 3. The van der Waals surface area contributed by atoms with Gasteiger partial charge in [0.2, 0.25) is 11.7 Å². The second kappa shape index (κ2) is 12.0. The number of hydrogen-bond donors (Lipinski definition) is 1. The number of nitrogens with zero attached hydrogens (tertiary/aromatic N) is 2. The second-order valence-electron chi connectivity index (χ2n) is 8.25. The summed E-state index contributed by atoms with van der Waals surface area (Å²) in [6.07, 6.45) is 8.33. The van der Waals surface area contributed by atoms with Crippen molar-refractivity contribution >= 4 is 5.91 Å². The number of nitrogens with one attached hydrogen (secondary N) is 1. The Bertz CT molecular complexity index is 757. The average Bonchev–Trinajstić information content (AvgIpc) is 2.80. The molecular weight excluding hydrogens is 394 g/mol. The zero-order valence-electron chi connectivity index (χ0n) is 19.2. The van der Waals surface area contributed by atoms with E-state index in [0.29, 0.717) is 18.0 Å². The number of rotatable bonds is 10. The summed E-state index contributed by atoms with van der Waals surface area (Å²) >= 11 is 0. The molecule has 31 heavy (non-hydrogen) atoms. The molecule has 0 saturated carbocycles. The van der Waals surface area contributed by atoms with E-state index in [2.05, 4.69) is 21.2 Å². The van der Waals surface area contributed by atoms with Gasteiger partial charge >= 0.3 is 0 Å². The van der Waals surface area contributed by atoms with Crippen LogP contribution >= 0.6 is 0 Å². The van der Waals surface area contributed by atoms with E-state index in [4.69, 9.17) is 14.2 Å². The highest BCUT2D eigenvalue weighted by Gasteiger charge is 2.22. The molecular formula is C24H37N3O4.